The van der Waals surface area contributed by atoms with Crippen LogP contribution in [0.2, 0.25) is 0 Å². The summed E-state index contributed by atoms with van der Waals surface area (Å²) in [7, 11) is 0. The summed E-state index contributed by atoms with van der Waals surface area (Å²) in [6.07, 6.45) is 2.03. The zero-order valence-electron chi connectivity index (χ0n) is 14.1. The SMILES string of the molecule is CCOc1ccccc1OC1CCN(c2ccc3nnnn3n2)CC1. The van der Waals surface area contributed by atoms with Crippen LogP contribution in [0, 0.1) is 0 Å². The van der Waals surface area contributed by atoms with Gasteiger partial charge in [0.25, 0.3) is 0 Å². The number of hydrogen-bond acceptors (Lipinski definition) is 7. The van der Waals surface area contributed by atoms with Crippen molar-refractivity contribution in [3.63, 3.8) is 0 Å². The first kappa shape index (κ1) is 15.6. The van der Waals surface area contributed by atoms with Gasteiger partial charge in [0.2, 0.25) is 0 Å². The van der Waals surface area contributed by atoms with Crippen LogP contribution >= 0.6 is 0 Å². The van der Waals surface area contributed by atoms with E-state index in [1.165, 1.54) is 4.63 Å². The summed E-state index contributed by atoms with van der Waals surface area (Å²) >= 11 is 0. The van der Waals surface area contributed by atoms with Gasteiger partial charge in [0.1, 0.15) is 6.10 Å². The molecular formula is C17H20N6O2. The molecule has 1 aliphatic heterocycles. The first-order valence-corrected chi connectivity index (χ1v) is 8.52. The first-order chi connectivity index (χ1) is 12.3. The monoisotopic (exact) mass is 340 g/mol. The number of fused-ring (bicyclic) bond motifs is 1. The highest BCUT2D eigenvalue weighted by Gasteiger charge is 2.23. The van der Waals surface area contributed by atoms with Crippen molar-refractivity contribution in [3.05, 3.63) is 36.4 Å². The van der Waals surface area contributed by atoms with Gasteiger partial charge in [0.05, 0.1) is 6.61 Å². The lowest BCUT2D eigenvalue weighted by Crippen LogP contribution is -2.39. The highest BCUT2D eigenvalue weighted by molar-refractivity contribution is 5.44. The van der Waals surface area contributed by atoms with Crippen molar-refractivity contribution in [2.24, 2.45) is 0 Å². The molecule has 1 aliphatic rings. The van der Waals surface area contributed by atoms with Crippen LogP contribution in [-0.4, -0.2) is 51.1 Å². The molecule has 8 heteroatoms. The quantitative estimate of drug-likeness (QED) is 0.702. The van der Waals surface area contributed by atoms with Crippen molar-refractivity contribution >= 4 is 11.5 Å². The van der Waals surface area contributed by atoms with Crippen molar-refractivity contribution in [1.29, 1.82) is 0 Å². The molecule has 8 nitrogen and oxygen atoms in total. The van der Waals surface area contributed by atoms with E-state index in [0.717, 1.165) is 43.2 Å². The number of tetrazole rings is 1. The number of ether oxygens (including phenoxy) is 2. The van der Waals surface area contributed by atoms with Crippen molar-refractivity contribution < 1.29 is 9.47 Å². The van der Waals surface area contributed by atoms with Crippen LogP contribution in [0.1, 0.15) is 19.8 Å². The van der Waals surface area contributed by atoms with Crippen LogP contribution in [0.25, 0.3) is 5.65 Å². The predicted octanol–water partition coefficient (Wildman–Crippen LogP) is 1.97. The minimum atomic E-state index is 0.176. The second-order valence-electron chi connectivity index (χ2n) is 5.90. The summed E-state index contributed by atoms with van der Waals surface area (Å²) in [5.41, 5.74) is 0.648. The van der Waals surface area contributed by atoms with Crippen LogP contribution in [0.15, 0.2) is 36.4 Å². The Labute approximate surface area is 145 Å². The van der Waals surface area contributed by atoms with Crippen LogP contribution < -0.4 is 14.4 Å². The molecule has 0 spiro atoms. The standard InChI is InChI=1S/C17H20N6O2/c1-2-24-14-5-3-4-6-15(14)25-13-9-11-22(12-10-13)17-8-7-16-18-20-21-23(16)19-17/h3-8,13H,2,9-12H2,1H3. The van der Waals surface area contributed by atoms with Crippen LogP contribution in [-0.2, 0) is 0 Å². The molecule has 4 rings (SSSR count). The van der Waals surface area contributed by atoms with E-state index in [1.54, 1.807) is 0 Å². The summed E-state index contributed by atoms with van der Waals surface area (Å²) in [5.74, 6) is 2.50. The molecule has 0 unspecified atom stereocenters. The minimum absolute atomic E-state index is 0.176. The lowest BCUT2D eigenvalue weighted by atomic mass is 10.1. The summed E-state index contributed by atoms with van der Waals surface area (Å²) in [4.78, 5) is 2.23. The number of nitrogens with zero attached hydrogens (tertiary/aromatic N) is 6. The van der Waals surface area contributed by atoms with E-state index in [0.29, 0.717) is 12.3 Å². The van der Waals surface area contributed by atoms with E-state index in [2.05, 4.69) is 25.5 Å². The average molecular weight is 340 g/mol. The van der Waals surface area contributed by atoms with Gasteiger partial charge in [-0.15, -0.1) is 14.8 Å². The van der Waals surface area contributed by atoms with E-state index < -0.39 is 0 Å². The second-order valence-corrected chi connectivity index (χ2v) is 5.90. The highest BCUT2D eigenvalue weighted by atomic mass is 16.5. The molecule has 25 heavy (non-hydrogen) atoms. The Morgan fingerprint density at radius 3 is 2.68 bits per heavy atom. The van der Waals surface area contributed by atoms with Gasteiger partial charge in [-0.1, -0.05) is 12.1 Å². The number of piperidine rings is 1. The largest absolute Gasteiger partial charge is 0.490 e. The molecule has 0 aliphatic carbocycles. The normalized spacial score (nSPS) is 15.5. The lowest BCUT2D eigenvalue weighted by molar-refractivity contribution is 0.162. The maximum Gasteiger partial charge on any atom is 0.200 e. The van der Waals surface area contributed by atoms with Gasteiger partial charge in [0.15, 0.2) is 23.0 Å². The number of aromatic nitrogens is 5. The molecule has 1 saturated heterocycles. The third kappa shape index (κ3) is 3.33. The van der Waals surface area contributed by atoms with Gasteiger partial charge in [-0.2, -0.15) is 0 Å². The number of hydrogen-bond donors (Lipinski definition) is 0. The smallest absolute Gasteiger partial charge is 0.200 e. The zero-order valence-corrected chi connectivity index (χ0v) is 14.1. The van der Waals surface area contributed by atoms with Crippen molar-refractivity contribution in [3.8, 4) is 11.5 Å². The number of anilines is 1. The Bertz CT molecular complexity index is 844. The molecule has 0 saturated carbocycles. The molecule has 0 amide bonds. The van der Waals surface area contributed by atoms with E-state index >= 15 is 0 Å². The molecule has 0 atom stereocenters. The fourth-order valence-electron chi connectivity index (χ4n) is 3.01. The number of benzene rings is 1. The topological polar surface area (TPSA) is 77.7 Å². The average Bonchev–Trinajstić information content (AvgIpc) is 3.12. The Morgan fingerprint density at radius 2 is 1.88 bits per heavy atom. The molecule has 0 N–H and O–H groups in total. The van der Waals surface area contributed by atoms with Gasteiger partial charge in [0, 0.05) is 25.9 Å². The van der Waals surface area contributed by atoms with Crippen molar-refractivity contribution in [2.45, 2.75) is 25.9 Å². The molecule has 2 aromatic heterocycles. The Kier molecular flexibility index (Phi) is 4.32. The lowest BCUT2D eigenvalue weighted by Gasteiger charge is -2.32. The van der Waals surface area contributed by atoms with Crippen molar-refractivity contribution in [1.82, 2.24) is 25.3 Å². The zero-order chi connectivity index (χ0) is 17.1. The third-order valence-corrected chi connectivity index (χ3v) is 4.26. The van der Waals surface area contributed by atoms with Gasteiger partial charge < -0.3 is 14.4 Å². The third-order valence-electron chi connectivity index (χ3n) is 4.26. The van der Waals surface area contributed by atoms with E-state index in [9.17, 15) is 0 Å². The molecule has 130 valence electrons. The maximum atomic E-state index is 6.17. The first-order valence-electron chi connectivity index (χ1n) is 8.52. The Morgan fingerprint density at radius 1 is 1.08 bits per heavy atom. The summed E-state index contributed by atoms with van der Waals surface area (Å²) in [6, 6.07) is 11.7. The van der Waals surface area contributed by atoms with Gasteiger partial charge in [-0.3, -0.25) is 0 Å². The number of para-hydroxylation sites is 2. The fourth-order valence-corrected chi connectivity index (χ4v) is 3.01. The van der Waals surface area contributed by atoms with E-state index in [-0.39, 0.29) is 6.10 Å². The molecular weight excluding hydrogens is 320 g/mol. The molecule has 1 fully saturated rings. The summed E-state index contributed by atoms with van der Waals surface area (Å²) < 4.78 is 13.3. The summed E-state index contributed by atoms with van der Waals surface area (Å²) in [5, 5.41) is 15.8. The van der Waals surface area contributed by atoms with Crippen LogP contribution in [0.3, 0.4) is 0 Å². The van der Waals surface area contributed by atoms with Gasteiger partial charge >= 0.3 is 0 Å². The van der Waals surface area contributed by atoms with Crippen LogP contribution in [0.4, 0.5) is 5.82 Å². The fraction of sp³-hybridized carbons (Fsp3) is 0.412. The van der Waals surface area contributed by atoms with E-state index in [4.69, 9.17) is 9.47 Å². The molecule has 0 bridgehead atoms. The van der Waals surface area contributed by atoms with Gasteiger partial charge in [-0.25, -0.2) is 0 Å². The summed E-state index contributed by atoms with van der Waals surface area (Å²) in [6.45, 7) is 4.36. The molecule has 3 aromatic rings. The van der Waals surface area contributed by atoms with Crippen LogP contribution in [0.5, 0.6) is 11.5 Å². The molecule has 0 radical (unpaired) electrons. The van der Waals surface area contributed by atoms with Gasteiger partial charge in [-0.05, 0) is 41.6 Å². The Hall–Kier alpha value is -2.90. The number of rotatable bonds is 5. The molecule has 3 heterocycles. The molecule has 1 aromatic carbocycles. The minimum Gasteiger partial charge on any atom is -0.490 e. The second kappa shape index (κ2) is 6.92. The predicted molar refractivity (Wildman–Crippen MR) is 92.1 cm³/mol. The van der Waals surface area contributed by atoms with E-state index in [1.807, 2.05) is 43.3 Å². The van der Waals surface area contributed by atoms with Crippen molar-refractivity contribution in [2.75, 3.05) is 24.6 Å². The highest BCUT2D eigenvalue weighted by Crippen LogP contribution is 2.29. The maximum absolute atomic E-state index is 6.17. The Balaban J connectivity index is 1.40.